The molecule has 2 amide bonds. The molecule has 0 spiro atoms. The van der Waals surface area contributed by atoms with Crippen LogP contribution in [0.2, 0.25) is 10.0 Å². The minimum absolute atomic E-state index is 0.0109. The Labute approximate surface area is 238 Å². The summed E-state index contributed by atoms with van der Waals surface area (Å²) in [5.41, 5.74) is 1.01. The second-order valence-electron chi connectivity index (χ2n) is 9.37. The van der Waals surface area contributed by atoms with Crippen LogP contribution in [0.4, 0.5) is 10.1 Å². The van der Waals surface area contributed by atoms with Crippen LogP contribution in [-0.2, 0) is 26.2 Å². The first-order valence-electron chi connectivity index (χ1n) is 12.2. The molecule has 0 unspecified atom stereocenters. The molecular weight excluding hydrogens is 564 g/mol. The third kappa shape index (κ3) is 7.50. The van der Waals surface area contributed by atoms with Gasteiger partial charge < -0.3 is 10.2 Å². The van der Waals surface area contributed by atoms with Gasteiger partial charge in [-0.25, -0.2) is 12.8 Å². The molecule has 39 heavy (non-hydrogen) atoms. The molecule has 3 aromatic rings. The molecule has 11 heteroatoms. The second kappa shape index (κ2) is 12.8. The van der Waals surface area contributed by atoms with E-state index in [1.54, 1.807) is 32.0 Å². The van der Waals surface area contributed by atoms with Crippen molar-refractivity contribution < 1.29 is 22.4 Å². The molecule has 1 atom stereocenters. The van der Waals surface area contributed by atoms with Crippen LogP contribution in [0.15, 0.2) is 71.6 Å². The van der Waals surface area contributed by atoms with Gasteiger partial charge in [-0.15, -0.1) is 0 Å². The largest absolute Gasteiger partial charge is 0.352 e. The highest BCUT2D eigenvalue weighted by molar-refractivity contribution is 7.92. The molecule has 0 saturated carbocycles. The Balaban J connectivity index is 2.09. The van der Waals surface area contributed by atoms with Gasteiger partial charge in [0.25, 0.3) is 10.0 Å². The van der Waals surface area contributed by atoms with Gasteiger partial charge >= 0.3 is 0 Å². The summed E-state index contributed by atoms with van der Waals surface area (Å²) in [6.07, 6.45) is 0. The Morgan fingerprint density at radius 2 is 1.62 bits per heavy atom. The van der Waals surface area contributed by atoms with Gasteiger partial charge in [0.05, 0.1) is 15.6 Å². The fraction of sp³-hybridized carbons (Fsp3) is 0.286. The van der Waals surface area contributed by atoms with Crippen LogP contribution in [0.1, 0.15) is 31.9 Å². The molecule has 0 heterocycles. The summed E-state index contributed by atoms with van der Waals surface area (Å²) in [7, 11) is -4.32. The van der Waals surface area contributed by atoms with Crippen LogP contribution in [-0.4, -0.2) is 43.8 Å². The minimum atomic E-state index is -4.32. The number of aryl methyl sites for hydroxylation is 1. The van der Waals surface area contributed by atoms with Crippen molar-refractivity contribution >= 4 is 50.7 Å². The van der Waals surface area contributed by atoms with Gasteiger partial charge in [0.1, 0.15) is 18.4 Å². The fourth-order valence-corrected chi connectivity index (χ4v) is 5.69. The summed E-state index contributed by atoms with van der Waals surface area (Å²) in [5, 5.41) is 3.00. The van der Waals surface area contributed by atoms with Gasteiger partial charge in [-0.05, 0) is 64.1 Å². The number of hydrogen-bond acceptors (Lipinski definition) is 4. The van der Waals surface area contributed by atoms with Crippen molar-refractivity contribution in [3.8, 4) is 0 Å². The number of sulfonamides is 1. The first-order chi connectivity index (χ1) is 18.3. The number of anilines is 1. The molecule has 0 aliphatic rings. The summed E-state index contributed by atoms with van der Waals surface area (Å²) in [5.74, 6) is -1.77. The Morgan fingerprint density at radius 1 is 0.974 bits per heavy atom. The number of nitrogens with zero attached hydrogens (tertiary/aromatic N) is 2. The second-order valence-corrected chi connectivity index (χ2v) is 12.1. The van der Waals surface area contributed by atoms with Gasteiger partial charge in [0, 0.05) is 23.2 Å². The van der Waals surface area contributed by atoms with Crippen molar-refractivity contribution in [1.82, 2.24) is 10.2 Å². The predicted molar refractivity (Wildman–Crippen MR) is 152 cm³/mol. The van der Waals surface area contributed by atoms with Crippen LogP contribution in [0.5, 0.6) is 0 Å². The quantitative estimate of drug-likeness (QED) is 0.332. The van der Waals surface area contributed by atoms with Crippen LogP contribution in [0, 0.1) is 12.7 Å². The highest BCUT2D eigenvalue weighted by Gasteiger charge is 2.34. The predicted octanol–water partition coefficient (Wildman–Crippen LogP) is 5.58. The first kappa shape index (κ1) is 30.4. The average molecular weight is 595 g/mol. The molecule has 0 radical (unpaired) electrons. The van der Waals surface area contributed by atoms with E-state index in [2.05, 4.69) is 5.32 Å². The van der Waals surface area contributed by atoms with Crippen LogP contribution < -0.4 is 9.62 Å². The van der Waals surface area contributed by atoms with E-state index >= 15 is 0 Å². The summed E-state index contributed by atoms with van der Waals surface area (Å²) >= 11 is 12.6. The molecule has 0 fully saturated rings. The molecule has 0 aromatic heterocycles. The lowest BCUT2D eigenvalue weighted by Crippen LogP contribution is -2.52. The SMILES string of the molecule is Cc1ccc(S(=O)(=O)N(CC(=O)N(Cc2ccccc2F)[C@@H](C)C(=O)NC(C)C)c2cc(Cl)ccc2Cl)cc1. The Bertz CT molecular complexity index is 1450. The van der Waals surface area contributed by atoms with Crippen molar-refractivity contribution in [1.29, 1.82) is 0 Å². The lowest BCUT2D eigenvalue weighted by Gasteiger charge is -2.32. The van der Waals surface area contributed by atoms with E-state index < -0.39 is 40.2 Å². The molecule has 0 aliphatic heterocycles. The lowest BCUT2D eigenvalue weighted by molar-refractivity contribution is -0.139. The van der Waals surface area contributed by atoms with E-state index in [-0.39, 0.29) is 38.8 Å². The van der Waals surface area contributed by atoms with Crippen molar-refractivity contribution in [2.45, 2.75) is 51.2 Å². The molecule has 7 nitrogen and oxygen atoms in total. The van der Waals surface area contributed by atoms with E-state index in [0.29, 0.717) is 0 Å². The van der Waals surface area contributed by atoms with Crippen molar-refractivity contribution in [3.63, 3.8) is 0 Å². The van der Waals surface area contributed by atoms with Gasteiger partial charge in [-0.1, -0.05) is 59.1 Å². The Kier molecular flexibility index (Phi) is 9.98. The molecule has 0 aliphatic carbocycles. The fourth-order valence-electron chi connectivity index (χ4n) is 3.83. The number of rotatable bonds is 10. The zero-order chi connectivity index (χ0) is 28.9. The maximum atomic E-state index is 14.6. The van der Waals surface area contributed by atoms with E-state index in [0.717, 1.165) is 14.8 Å². The normalized spacial score (nSPS) is 12.2. The molecule has 3 rings (SSSR count). The summed E-state index contributed by atoms with van der Waals surface area (Å²) in [6, 6.07) is 15.0. The van der Waals surface area contributed by atoms with E-state index in [1.807, 2.05) is 6.92 Å². The summed E-state index contributed by atoms with van der Waals surface area (Å²) < 4.78 is 43.1. The number of halogens is 3. The Morgan fingerprint density at radius 3 is 2.23 bits per heavy atom. The number of carbonyl (C=O) groups excluding carboxylic acids is 2. The molecule has 208 valence electrons. The van der Waals surface area contributed by atoms with Crippen LogP contribution in [0.3, 0.4) is 0 Å². The Hall–Kier alpha value is -3.14. The van der Waals surface area contributed by atoms with E-state index in [9.17, 15) is 22.4 Å². The summed E-state index contributed by atoms with van der Waals surface area (Å²) in [6.45, 7) is 5.87. The smallest absolute Gasteiger partial charge is 0.264 e. The number of amides is 2. The molecular formula is C28H30Cl2FN3O4S. The van der Waals surface area contributed by atoms with Crippen molar-refractivity contribution in [2.75, 3.05) is 10.8 Å². The number of carbonyl (C=O) groups is 2. The third-order valence-corrected chi connectivity index (χ3v) is 8.29. The zero-order valence-corrected chi connectivity index (χ0v) is 24.3. The van der Waals surface area contributed by atoms with Crippen molar-refractivity contribution in [3.05, 3.63) is 93.7 Å². The van der Waals surface area contributed by atoms with Gasteiger partial charge in [-0.2, -0.15) is 0 Å². The van der Waals surface area contributed by atoms with Gasteiger partial charge in [0.2, 0.25) is 11.8 Å². The topological polar surface area (TPSA) is 86.8 Å². The zero-order valence-electron chi connectivity index (χ0n) is 22.0. The highest BCUT2D eigenvalue weighted by atomic mass is 35.5. The molecule has 3 aromatic carbocycles. The van der Waals surface area contributed by atoms with Gasteiger partial charge in [-0.3, -0.25) is 13.9 Å². The monoisotopic (exact) mass is 593 g/mol. The highest BCUT2D eigenvalue weighted by Crippen LogP contribution is 2.33. The molecule has 1 N–H and O–H groups in total. The molecule has 0 saturated heterocycles. The minimum Gasteiger partial charge on any atom is -0.352 e. The van der Waals surface area contributed by atoms with E-state index in [1.165, 1.54) is 55.5 Å². The number of hydrogen-bond donors (Lipinski definition) is 1. The van der Waals surface area contributed by atoms with Gasteiger partial charge in [0.15, 0.2) is 0 Å². The molecule has 0 bridgehead atoms. The maximum absolute atomic E-state index is 14.6. The first-order valence-corrected chi connectivity index (χ1v) is 14.4. The number of nitrogens with one attached hydrogen (secondary N) is 1. The summed E-state index contributed by atoms with van der Waals surface area (Å²) in [4.78, 5) is 27.8. The van der Waals surface area contributed by atoms with E-state index in [4.69, 9.17) is 23.2 Å². The standard InChI is InChI=1S/C28H30Cl2FN3O4S/c1-18(2)32-28(36)20(4)33(16-21-7-5-6-8-25(21)31)27(35)17-34(26-15-22(29)11-14-24(26)30)39(37,38)23-12-9-19(3)10-13-23/h5-15,18,20H,16-17H2,1-4H3,(H,32,36)/t20-/m0/s1. The maximum Gasteiger partial charge on any atom is 0.264 e. The lowest BCUT2D eigenvalue weighted by atomic mass is 10.1. The third-order valence-electron chi connectivity index (χ3n) is 5.96. The van der Waals surface area contributed by atoms with Crippen LogP contribution in [0.25, 0.3) is 0 Å². The van der Waals surface area contributed by atoms with Crippen LogP contribution >= 0.6 is 23.2 Å². The average Bonchev–Trinajstić information content (AvgIpc) is 2.87. The van der Waals surface area contributed by atoms with Crippen molar-refractivity contribution in [2.24, 2.45) is 0 Å². The number of benzene rings is 3.